The average Bonchev–Trinajstić information content (AvgIpc) is 2.98. The van der Waals surface area contributed by atoms with E-state index in [1.165, 1.54) is 6.08 Å². The lowest BCUT2D eigenvalue weighted by atomic mass is 10.2. The van der Waals surface area contributed by atoms with Gasteiger partial charge in [-0.05, 0) is 36.8 Å². The molecule has 212 valence electrons. The summed E-state index contributed by atoms with van der Waals surface area (Å²) in [5, 5.41) is 14.4. The molecule has 0 bridgehead atoms. The van der Waals surface area contributed by atoms with Gasteiger partial charge in [0.2, 0.25) is 5.91 Å². The first kappa shape index (κ1) is 38.9. The van der Waals surface area contributed by atoms with Crippen LogP contribution in [0.2, 0.25) is 0 Å². The van der Waals surface area contributed by atoms with Crippen LogP contribution in [0.25, 0.3) is 0 Å². The fourth-order valence-corrected chi connectivity index (χ4v) is 2.43. The lowest BCUT2D eigenvalue weighted by Gasteiger charge is -2.16. The Morgan fingerprint density at radius 2 is 1.55 bits per heavy atom. The first-order valence-corrected chi connectivity index (χ1v) is 13.2. The molecule has 0 aliphatic carbocycles. The van der Waals surface area contributed by atoms with Crippen molar-refractivity contribution in [3.8, 4) is 0 Å². The molecule has 0 saturated heterocycles. The van der Waals surface area contributed by atoms with Gasteiger partial charge in [-0.25, -0.2) is 0 Å². The SMILES string of the molecule is C=C/C=C\C(OC(/C=C\C)=C(/C=C)NC(=O)CNCCO)=C(/C=C)OCc1ccccc1.CC.CC.CC. The standard InChI is InChI=1S/C26H32N2O4.3C2H6/c1-5-9-16-25(23(8-4)31-20-21-14-11-10-12-15-21)32-24(13-6-2)22(7-3)28-26(30)19-27-17-18-29;3*1-2/h5-16,27,29H,1,3-4,17-20H2,2H3,(H,28,30);3*1-2H3/b13-6-,16-9-,24-22-,25-23-;;;. The third kappa shape index (κ3) is 18.6. The molecule has 6 heteroatoms. The van der Waals surface area contributed by atoms with Crippen molar-refractivity contribution in [2.45, 2.75) is 55.1 Å². The van der Waals surface area contributed by atoms with E-state index in [2.05, 4.69) is 30.4 Å². The number of rotatable bonds is 15. The summed E-state index contributed by atoms with van der Waals surface area (Å²) in [6.45, 7) is 25.8. The molecule has 1 aromatic rings. The highest BCUT2D eigenvalue weighted by Crippen LogP contribution is 2.20. The zero-order valence-electron chi connectivity index (χ0n) is 24.5. The predicted octanol–water partition coefficient (Wildman–Crippen LogP) is 7.11. The molecule has 0 spiro atoms. The summed E-state index contributed by atoms with van der Waals surface area (Å²) >= 11 is 0. The number of carbonyl (C=O) groups is 1. The molecule has 0 radical (unpaired) electrons. The second kappa shape index (κ2) is 29.6. The van der Waals surface area contributed by atoms with E-state index in [4.69, 9.17) is 14.6 Å². The van der Waals surface area contributed by atoms with Crippen LogP contribution in [0.5, 0.6) is 0 Å². The molecule has 0 unspecified atom stereocenters. The highest BCUT2D eigenvalue weighted by atomic mass is 16.5. The lowest BCUT2D eigenvalue weighted by Crippen LogP contribution is -2.34. The topological polar surface area (TPSA) is 79.8 Å². The zero-order valence-corrected chi connectivity index (χ0v) is 24.5. The third-order valence-electron chi connectivity index (χ3n) is 3.90. The van der Waals surface area contributed by atoms with Gasteiger partial charge >= 0.3 is 0 Å². The summed E-state index contributed by atoms with van der Waals surface area (Å²) in [4.78, 5) is 12.2. The predicted molar refractivity (Wildman–Crippen MR) is 163 cm³/mol. The molecule has 0 aliphatic rings. The van der Waals surface area contributed by atoms with Crippen LogP contribution in [-0.4, -0.2) is 30.7 Å². The van der Waals surface area contributed by atoms with Gasteiger partial charge < -0.3 is 25.2 Å². The van der Waals surface area contributed by atoms with Crippen molar-refractivity contribution in [2.24, 2.45) is 0 Å². The van der Waals surface area contributed by atoms with Crippen LogP contribution in [0.3, 0.4) is 0 Å². The number of allylic oxidation sites excluding steroid dienone is 7. The Morgan fingerprint density at radius 1 is 0.921 bits per heavy atom. The highest BCUT2D eigenvalue weighted by Gasteiger charge is 2.12. The van der Waals surface area contributed by atoms with Crippen LogP contribution in [0.15, 0.2) is 116 Å². The lowest BCUT2D eigenvalue weighted by molar-refractivity contribution is -0.119. The Bertz CT molecular complexity index is 882. The summed E-state index contributed by atoms with van der Waals surface area (Å²) < 4.78 is 12.0. The second-order valence-electron chi connectivity index (χ2n) is 6.33. The van der Waals surface area contributed by atoms with Gasteiger partial charge in [0.05, 0.1) is 18.8 Å². The van der Waals surface area contributed by atoms with E-state index in [0.717, 1.165) is 5.56 Å². The maximum absolute atomic E-state index is 12.2. The summed E-state index contributed by atoms with van der Waals surface area (Å²) in [6.07, 6.45) is 11.6. The molecular formula is C32H50N2O4. The maximum atomic E-state index is 12.2. The number of aliphatic hydroxyl groups excluding tert-OH is 1. The van der Waals surface area contributed by atoms with E-state index in [0.29, 0.717) is 36.1 Å². The molecule has 0 saturated carbocycles. The normalized spacial score (nSPS) is 11.2. The van der Waals surface area contributed by atoms with Crippen molar-refractivity contribution in [3.63, 3.8) is 0 Å². The molecule has 38 heavy (non-hydrogen) atoms. The zero-order chi connectivity index (χ0) is 29.6. The number of carbonyl (C=O) groups excluding carboxylic acids is 1. The van der Waals surface area contributed by atoms with Crippen molar-refractivity contribution in [3.05, 3.63) is 121 Å². The number of ether oxygens (including phenoxy) is 2. The second-order valence-corrected chi connectivity index (χ2v) is 6.33. The van der Waals surface area contributed by atoms with Gasteiger partial charge in [-0.1, -0.05) is 110 Å². The molecular weight excluding hydrogens is 476 g/mol. The first-order valence-electron chi connectivity index (χ1n) is 13.2. The molecule has 1 amide bonds. The number of nitrogens with one attached hydrogen (secondary N) is 2. The van der Waals surface area contributed by atoms with E-state index < -0.39 is 0 Å². The largest absolute Gasteiger partial charge is 0.485 e. The number of aliphatic hydroxyl groups is 1. The summed E-state index contributed by atoms with van der Waals surface area (Å²) in [7, 11) is 0. The maximum Gasteiger partial charge on any atom is 0.238 e. The Balaban J connectivity index is -0.00000190. The Hall–Kier alpha value is -3.61. The summed E-state index contributed by atoms with van der Waals surface area (Å²) in [5.41, 5.74) is 1.38. The van der Waals surface area contributed by atoms with Crippen molar-refractivity contribution in [1.82, 2.24) is 10.6 Å². The Morgan fingerprint density at radius 3 is 2.05 bits per heavy atom. The smallest absolute Gasteiger partial charge is 0.238 e. The van der Waals surface area contributed by atoms with Crippen LogP contribution in [0, 0.1) is 0 Å². The third-order valence-corrected chi connectivity index (χ3v) is 3.90. The molecule has 0 atom stereocenters. The number of hydrogen-bond donors (Lipinski definition) is 3. The minimum atomic E-state index is -0.296. The van der Waals surface area contributed by atoms with Gasteiger partial charge in [0, 0.05) is 6.54 Å². The Labute approximate surface area is 231 Å². The van der Waals surface area contributed by atoms with Crippen LogP contribution in [-0.2, 0) is 20.9 Å². The van der Waals surface area contributed by atoms with Crippen LogP contribution in [0.4, 0.5) is 0 Å². The van der Waals surface area contributed by atoms with Crippen LogP contribution < -0.4 is 10.6 Å². The first-order chi connectivity index (χ1) is 18.6. The van der Waals surface area contributed by atoms with E-state index in [9.17, 15) is 4.79 Å². The van der Waals surface area contributed by atoms with Crippen LogP contribution in [0.1, 0.15) is 54.0 Å². The molecule has 0 aromatic heterocycles. The number of amides is 1. The monoisotopic (exact) mass is 526 g/mol. The summed E-state index contributed by atoms with van der Waals surface area (Å²) in [6, 6.07) is 9.73. The van der Waals surface area contributed by atoms with Gasteiger partial charge in [-0.15, -0.1) is 0 Å². The van der Waals surface area contributed by atoms with Crippen molar-refractivity contribution < 1.29 is 19.4 Å². The highest BCUT2D eigenvalue weighted by molar-refractivity contribution is 5.80. The van der Waals surface area contributed by atoms with E-state index in [1.54, 1.807) is 36.5 Å². The van der Waals surface area contributed by atoms with Crippen molar-refractivity contribution in [1.29, 1.82) is 0 Å². The molecule has 1 rings (SSSR count). The van der Waals surface area contributed by atoms with E-state index in [-0.39, 0.29) is 19.1 Å². The van der Waals surface area contributed by atoms with Crippen LogP contribution >= 0.6 is 0 Å². The molecule has 0 aliphatic heterocycles. The molecule has 1 aromatic carbocycles. The van der Waals surface area contributed by atoms with Crippen molar-refractivity contribution in [2.75, 3.05) is 19.7 Å². The number of hydrogen-bond acceptors (Lipinski definition) is 5. The quantitative estimate of drug-likeness (QED) is 0.129. The van der Waals surface area contributed by atoms with Crippen molar-refractivity contribution >= 4 is 5.91 Å². The molecule has 0 fully saturated rings. The minimum absolute atomic E-state index is 0.0399. The molecule has 6 nitrogen and oxygen atoms in total. The Kier molecular flexibility index (Phi) is 30.3. The van der Waals surface area contributed by atoms with Gasteiger partial charge in [0.1, 0.15) is 6.61 Å². The summed E-state index contributed by atoms with van der Waals surface area (Å²) in [5.74, 6) is 0.879. The molecule has 0 heterocycles. The average molecular weight is 527 g/mol. The minimum Gasteiger partial charge on any atom is -0.485 e. The van der Waals surface area contributed by atoms with Gasteiger partial charge in [0.25, 0.3) is 0 Å². The van der Waals surface area contributed by atoms with Gasteiger partial charge in [-0.2, -0.15) is 0 Å². The fraction of sp³-hybridized carbons (Fsp3) is 0.344. The molecule has 3 N–H and O–H groups in total. The van der Waals surface area contributed by atoms with Gasteiger partial charge in [0.15, 0.2) is 17.3 Å². The van der Waals surface area contributed by atoms with E-state index in [1.807, 2.05) is 78.8 Å². The fourth-order valence-electron chi connectivity index (χ4n) is 2.43. The van der Waals surface area contributed by atoms with E-state index >= 15 is 0 Å². The number of benzene rings is 1. The van der Waals surface area contributed by atoms with Gasteiger partial charge in [-0.3, -0.25) is 4.79 Å².